The number of sulfonamides is 1. The topological polar surface area (TPSA) is 92.3 Å². The molecule has 140 valence electrons. The van der Waals surface area contributed by atoms with Crippen molar-refractivity contribution < 1.29 is 13.2 Å². The molecule has 1 heterocycles. The monoisotopic (exact) mass is 466 g/mol. The molecule has 0 aliphatic heterocycles. The smallest absolute Gasteiger partial charge is 0.255 e. The average Bonchev–Trinajstić information content (AvgIpc) is 3.17. The molecule has 10 heteroatoms. The summed E-state index contributed by atoms with van der Waals surface area (Å²) in [6.45, 7) is 0. The highest BCUT2D eigenvalue weighted by Gasteiger charge is 2.22. The number of hydrogen-bond acceptors (Lipinski definition) is 6. The number of amides is 1. The van der Waals surface area contributed by atoms with Gasteiger partial charge in [-0.05, 0) is 57.8 Å². The molecule has 3 aromatic rings. The number of rotatable bonds is 5. The number of carbonyl (C=O) groups is 1. The Balaban J connectivity index is 1.82. The summed E-state index contributed by atoms with van der Waals surface area (Å²) >= 11 is 4.50. The van der Waals surface area contributed by atoms with E-state index in [-0.39, 0.29) is 10.5 Å². The molecule has 0 aliphatic carbocycles. The third-order valence-electron chi connectivity index (χ3n) is 3.75. The number of nitrogens with one attached hydrogen (secondary N) is 1. The van der Waals surface area contributed by atoms with Crippen molar-refractivity contribution in [2.45, 2.75) is 4.90 Å². The van der Waals surface area contributed by atoms with Crippen molar-refractivity contribution in [2.75, 3.05) is 19.4 Å². The van der Waals surface area contributed by atoms with Gasteiger partial charge in [0.05, 0.1) is 4.90 Å². The van der Waals surface area contributed by atoms with E-state index < -0.39 is 15.9 Å². The Bertz CT molecular complexity index is 1070. The molecule has 0 atom stereocenters. The predicted molar refractivity (Wildman–Crippen MR) is 108 cm³/mol. The molecule has 7 nitrogen and oxygen atoms in total. The number of hydrogen-bond donors (Lipinski definition) is 1. The summed E-state index contributed by atoms with van der Waals surface area (Å²) in [5.41, 5.74) is 2.49. The van der Waals surface area contributed by atoms with Crippen LogP contribution in [-0.4, -0.2) is 42.3 Å². The van der Waals surface area contributed by atoms with Crippen LogP contribution in [0.2, 0.25) is 0 Å². The van der Waals surface area contributed by atoms with Crippen molar-refractivity contribution in [3.05, 3.63) is 57.9 Å². The van der Waals surface area contributed by atoms with Gasteiger partial charge in [0.1, 0.15) is 5.69 Å². The summed E-state index contributed by atoms with van der Waals surface area (Å²) < 4.78 is 30.1. The highest BCUT2D eigenvalue weighted by atomic mass is 79.9. The zero-order valence-electron chi connectivity index (χ0n) is 14.4. The molecule has 0 saturated heterocycles. The summed E-state index contributed by atoms with van der Waals surface area (Å²) in [7, 11) is -0.796. The van der Waals surface area contributed by atoms with Crippen LogP contribution in [-0.2, 0) is 10.0 Å². The van der Waals surface area contributed by atoms with E-state index in [1.165, 1.54) is 31.7 Å². The Morgan fingerprint density at radius 2 is 1.85 bits per heavy atom. The second-order valence-corrected chi connectivity index (χ2v) is 9.34. The number of aromatic nitrogens is 2. The summed E-state index contributed by atoms with van der Waals surface area (Å²) in [6, 6.07) is 11.6. The van der Waals surface area contributed by atoms with Crippen molar-refractivity contribution in [2.24, 2.45) is 0 Å². The molecule has 0 spiro atoms. The average molecular weight is 467 g/mol. The quantitative estimate of drug-likeness (QED) is 0.621. The molecule has 0 unspecified atom stereocenters. The van der Waals surface area contributed by atoms with Crippen LogP contribution in [0.25, 0.3) is 11.3 Å². The Hall–Kier alpha value is -2.14. The third-order valence-corrected chi connectivity index (χ3v) is 7.06. The van der Waals surface area contributed by atoms with E-state index in [0.717, 1.165) is 15.6 Å². The molecule has 0 bridgehead atoms. The number of carbonyl (C=O) groups excluding carboxylic acids is 1. The van der Waals surface area contributed by atoms with Crippen LogP contribution in [0.15, 0.2) is 57.2 Å². The van der Waals surface area contributed by atoms with Crippen LogP contribution in [0.5, 0.6) is 0 Å². The number of halogens is 1. The zero-order valence-corrected chi connectivity index (χ0v) is 17.6. The highest BCUT2D eigenvalue weighted by Crippen LogP contribution is 2.26. The molecule has 1 amide bonds. The van der Waals surface area contributed by atoms with E-state index in [4.69, 9.17) is 0 Å². The van der Waals surface area contributed by atoms with Crippen molar-refractivity contribution in [3.8, 4) is 11.3 Å². The largest absolute Gasteiger partial charge is 0.322 e. The first-order valence-corrected chi connectivity index (χ1v) is 10.8. The van der Waals surface area contributed by atoms with Gasteiger partial charge >= 0.3 is 0 Å². The van der Waals surface area contributed by atoms with E-state index in [0.29, 0.717) is 10.2 Å². The van der Waals surface area contributed by atoms with Crippen LogP contribution < -0.4 is 5.32 Å². The Morgan fingerprint density at radius 3 is 2.44 bits per heavy atom. The van der Waals surface area contributed by atoms with Gasteiger partial charge in [0, 0.05) is 40.8 Å². The maximum absolute atomic E-state index is 12.5. The lowest BCUT2D eigenvalue weighted by Gasteiger charge is -2.14. The SMILES string of the molecule is CN(C)S(=O)(=O)c1cc(C(=O)Nc2ccc(-c3csnn3)cc2)ccc1Br. The van der Waals surface area contributed by atoms with E-state index in [1.807, 2.05) is 17.5 Å². The fraction of sp³-hybridized carbons (Fsp3) is 0.118. The number of benzene rings is 2. The van der Waals surface area contributed by atoms with Gasteiger partial charge < -0.3 is 5.32 Å². The Kier molecular flexibility index (Phi) is 5.70. The van der Waals surface area contributed by atoms with Crippen molar-refractivity contribution >= 4 is 49.1 Å². The fourth-order valence-corrected chi connectivity index (χ4v) is 4.57. The molecule has 2 aromatic carbocycles. The van der Waals surface area contributed by atoms with Crippen molar-refractivity contribution in [3.63, 3.8) is 0 Å². The third kappa shape index (κ3) is 4.24. The van der Waals surface area contributed by atoms with Crippen LogP contribution in [0.4, 0.5) is 5.69 Å². The number of nitrogens with zero attached hydrogens (tertiary/aromatic N) is 3. The van der Waals surface area contributed by atoms with Crippen LogP contribution in [0.1, 0.15) is 10.4 Å². The fourth-order valence-electron chi connectivity index (χ4n) is 2.26. The molecular formula is C17H15BrN4O3S2. The first kappa shape index (κ1) is 19.6. The lowest BCUT2D eigenvalue weighted by Crippen LogP contribution is -2.23. The van der Waals surface area contributed by atoms with E-state index >= 15 is 0 Å². The zero-order chi connectivity index (χ0) is 19.6. The second kappa shape index (κ2) is 7.85. The van der Waals surface area contributed by atoms with Gasteiger partial charge in [-0.25, -0.2) is 12.7 Å². The van der Waals surface area contributed by atoms with Crippen LogP contribution >= 0.6 is 27.5 Å². The summed E-state index contributed by atoms with van der Waals surface area (Å²) in [5, 5.41) is 8.59. The van der Waals surface area contributed by atoms with Gasteiger partial charge in [-0.3, -0.25) is 4.79 Å². The minimum Gasteiger partial charge on any atom is -0.322 e. The van der Waals surface area contributed by atoms with Gasteiger partial charge in [-0.1, -0.05) is 16.6 Å². The van der Waals surface area contributed by atoms with Crippen LogP contribution in [0, 0.1) is 0 Å². The molecule has 0 radical (unpaired) electrons. The van der Waals surface area contributed by atoms with Gasteiger partial charge in [0.15, 0.2) is 0 Å². The second-order valence-electron chi connectivity index (χ2n) is 5.75. The maximum Gasteiger partial charge on any atom is 0.255 e. The highest BCUT2D eigenvalue weighted by molar-refractivity contribution is 9.10. The summed E-state index contributed by atoms with van der Waals surface area (Å²) in [5.74, 6) is -0.402. The first-order chi connectivity index (χ1) is 12.8. The molecule has 0 aliphatic rings. The summed E-state index contributed by atoms with van der Waals surface area (Å²) in [4.78, 5) is 12.6. The molecule has 0 saturated carbocycles. The molecular weight excluding hydrogens is 452 g/mol. The standard InChI is InChI=1S/C17H15BrN4O3S2/c1-22(2)27(24,25)16-9-12(5-8-14(16)18)17(23)19-13-6-3-11(4-7-13)15-10-26-21-20-15/h3-10H,1-2H3,(H,19,23). The van der Waals surface area contributed by atoms with E-state index in [2.05, 4.69) is 30.8 Å². The lowest BCUT2D eigenvalue weighted by molar-refractivity contribution is 0.102. The van der Waals surface area contributed by atoms with Gasteiger partial charge in [-0.15, -0.1) is 5.10 Å². The molecule has 3 rings (SSSR count). The minimum atomic E-state index is -3.67. The lowest BCUT2D eigenvalue weighted by atomic mass is 10.1. The molecule has 1 aromatic heterocycles. The normalized spacial score (nSPS) is 11.6. The van der Waals surface area contributed by atoms with Crippen LogP contribution in [0.3, 0.4) is 0 Å². The van der Waals surface area contributed by atoms with Gasteiger partial charge in [0.25, 0.3) is 5.91 Å². The molecule has 1 N–H and O–H groups in total. The van der Waals surface area contributed by atoms with E-state index in [9.17, 15) is 13.2 Å². The number of anilines is 1. The minimum absolute atomic E-state index is 0.0338. The Labute approximate surface area is 169 Å². The van der Waals surface area contributed by atoms with Gasteiger partial charge in [-0.2, -0.15) is 0 Å². The predicted octanol–water partition coefficient (Wildman–Crippen LogP) is 3.47. The molecule has 0 fully saturated rings. The maximum atomic E-state index is 12.5. The summed E-state index contributed by atoms with van der Waals surface area (Å²) in [6.07, 6.45) is 0. The van der Waals surface area contributed by atoms with Gasteiger partial charge in [0.2, 0.25) is 10.0 Å². The molecule has 27 heavy (non-hydrogen) atoms. The first-order valence-electron chi connectivity index (χ1n) is 7.70. The Morgan fingerprint density at radius 1 is 1.15 bits per heavy atom. The van der Waals surface area contributed by atoms with Crippen molar-refractivity contribution in [1.82, 2.24) is 13.9 Å². The van der Waals surface area contributed by atoms with E-state index in [1.54, 1.807) is 24.3 Å². The van der Waals surface area contributed by atoms with Crippen molar-refractivity contribution in [1.29, 1.82) is 0 Å².